The second-order valence-electron chi connectivity index (χ2n) is 9.12. The van der Waals surface area contributed by atoms with Crippen molar-refractivity contribution in [1.82, 2.24) is 9.13 Å². The van der Waals surface area contributed by atoms with Gasteiger partial charge in [-0.15, -0.1) is 0 Å². The van der Waals surface area contributed by atoms with Crippen LogP contribution < -0.4 is 10.6 Å². The summed E-state index contributed by atoms with van der Waals surface area (Å²) in [5.74, 6) is 0. The average Bonchev–Trinajstić information content (AvgIpc) is 3.45. The van der Waals surface area contributed by atoms with Gasteiger partial charge in [-0.1, -0.05) is 66.7 Å². The highest BCUT2D eigenvalue weighted by Gasteiger charge is 2.20. The minimum Gasteiger partial charge on any atom is -0.307 e. The maximum Gasteiger partial charge on any atom is 0.101 e. The first-order valence-corrected chi connectivity index (χ1v) is 12.1. The van der Waals surface area contributed by atoms with Crippen LogP contribution in [0.4, 0.5) is 0 Å². The van der Waals surface area contributed by atoms with E-state index in [1.54, 1.807) is 0 Å². The third-order valence-electron chi connectivity index (χ3n) is 7.22. The molecule has 0 amide bonds. The summed E-state index contributed by atoms with van der Waals surface area (Å²) in [5, 5.41) is 25.8. The lowest BCUT2D eigenvalue weighted by Crippen LogP contribution is -2.30. The van der Waals surface area contributed by atoms with Crippen molar-refractivity contribution >= 4 is 44.9 Å². The molecule has 0 bridgehead atoms. The van der Waals surface area contributed by atoms with Crippen molar-refractivity contribution in [3.8, 4) is 23.5 Å². The van der Waals surface area contributed by atoms with Crippen LogP contribution in [0.1, 0.15) is 24.0 Å². The van der Waals surface area contributed by atoms with Gasteiger partial charge in [-0.05, 0) is 43.2 Å². The maximum absolute atomic E-state index is 9.96. The molecule has 0 spiro atoms. The summed E-state index contributed by atoms with van der Waals surface area (Å²) in [6, 6.07) is 33.4. The van der Waals surface area contributed by atoms with Gasteiger partial charge in [0.15, 0.2) is 0 Å². The molecule has 7 rings (SSSR count). The Bertz CT molecular complexity index is 2020. The molecule has 0 saturated carbocycles. The quantitative estimate of drug-likeness (QED) is 0.327. The summed E-state index contributed by atoms with van der Waals surface area (Å²) < 4.78 is 4.50. The predicted molar refractivity (Wildman–Crippen MR) is 144 cm³/mol. The molecule has 6 aromatic rings. The topological polar surface area (TPSA) is 57.4 Å². The Balaban J connectivity index is 1.72. The summed E-state index contributed by atoms with van der Waals surface area (Å²) >= 11 is 0. The van der Waals surface area contributed by atoms with Gasteiger partial charge in [-0.2, -0.15) is 10.5 Å². The van der Waals surface area contributed by atoms with E-state index < -0.39 is 0 Å². The van der Waals surface area contributed by atoms with Crippen LogP contribution in [0.25, 0.3) is 56.2 Å². The molecule has 168 valence electrons. The molecule has 0 N–H and O–H groups in total. The second-order valence-corrected chi connectivity index (χ2v) is 9.12. The molecule has 0 atom stereocenters. The summed E-state index contributed by atoms with van der Waals surface area (Å²) in [6.07, 6.45) is 6.57. The summed E-state index contributed by atoms with van der Waals surface area (Å²) in [7, 11) is 0. The Labute approximate surface area is 207 Å². The highest BCUT2D eigenvalue weighted by molar-refractivity contribution is 6.09. The highest BCUT2D eigenvalue weighted by atomic mass is 15.1. The Kier molecular flexibility index (Phi) is 4.37. The molecule has 4 nitrogen and oxygen atoms in total. The van der Waals surface area contributed by atoms with Gasteiger partial charge in [0.05, 0.1) is 39.1 Å². The zero-order valence-electron chi connectivity index (χ0n) is 19.4. The van der Waals surface area contributed by atoms with Crippen LogP contribution in [0.2, 0.25) is 0 Å². The molecular weight excluding hydrogens is 440 g/mol. The molecule has 0 unspecified atom stereocenters. The van der Waals surface area contributed by atoms with Gasteiger partial charge in [0.1, 0.15) is 12.1 Å². The molecule has 1 aliphatic rings. The van der Waals surface area contributed by atoms with Gasteiger partial charge in [-0.3, -0.25) is 0 Å². The first kappa shape index (κ1) is 20.3. The fraction of sp³-hybridized carbons (Fsp3) is 0.0625. The average molecular weight is 461 g/mol. The Morgan fingerprint density at radius 3 is 1.61 bits per heavy atom. The van der Waals surface area contributed by atoms with E-state index in [2.05, 4.69) is 94.1 Å². The van der Waals surface area contributed by atoms with Crippen LogP contribution in [0.3, 0.4) is 0 Å². The van der Waals surface area contributed by atoms with Crippen molar-refractivity contribution in [2.24, 2.45) is 0 Å². The maximum atomic E-state index is 9.96. The first-order chi connectivity index (χ1) is 17.8. The van der Waals surface area contributed by atoms with Crippen LogP contribution in [-0.2, 0) is 0 Å². The predicted octanol–water partition coefficient (Wildman–Crippen LogP) is 5.83. The number of benzene rings is 4. The molecule has 0 fully saturated rings. The van der Waals surface area contributed by atoms with E-state index in [1.807, 2.05) is 24.3 Å². The van der Waals surface area contributed by atoms with Crippen LogP contribution in [0, 0.1) is 22.7 Å². The van der Waals surface area contributed by atoms with Crippen molar-refractivity contribution in [2.45, 2.75) is 12.8 Å². The minimum absolute atomic E-state index is 0.374. The lowest BCUT2D eigenvalue weighted by Gasteiger charge is -2.17. The molecule has 1 aliphatic carbocycles. The van der Waals surface area contributed by atoms with Crippen molar-refractivity contribution in [2.75, 3.05) is 0 Å². The van der Waals surface area contributed by atoms with Crippen LogP contribution in [0.5, 0.6) is 0 Å². The number of aromatic nitrogens is 2. The Morgan fingerprint density at radius 1 is 0.556 bits per heavy atom. The van der Waals surface area contributed by atoms with E-state index in [9.17, 15) is 10.5 Å². The van der Waals surface area contributed by atoms with E-state index in [4.69, 9.17) is 0 Å². The van der Waals surface area contributed by atoms with Crippen LogP contribution >= 0.6 is 0 Å². The summed E-state index contributed by atoms with van der Waals surface area (Å²) in [6.45, 7) is 0. The highest BCUT2D eigenvalue weighted by Crippen LogP contribution is 2.35. The summed E-state index contributed by atoms with van der Waals surface area (Å²) in [5.41, 5.74) is 5.74. The molecule has 0 aliphatic heterocycles. The number of nitrogens with zero attached hydrogens (tertiary/aromatic N) is 4. The zero-order chi connectivity index (χ0) is 24.2. The SMILES string of the molecule is N#Cc1cc(-n2c3c(c4ccccc42)=CCCC=3)c(-n2c3ccccc3c3ccccc32)cc1C#N. The zero-order valence-corrected chi connectivity index (χ0v) is 19.4. The van der Waals surface area contributed by atoms with E-state index in [0.717, 1.165) is 56.9 Å². The van der Waals surface area contributed by atoms with Gasteiger partial charge < -0.3 is 9.13 Å². The third-order valence-corrected chi connectivity index (χ3v) is 7.22. The molecule has 4 heteroatoms. The number of hydrogen-bond acceptors (Lipinski definition) is 2. The number of nitriles is 2. The number of fused-ring (bicyclic) bond motifs is 6. The molecule has 36 heavy (non-hydrogen) atoms. The molecular formula is C32H20N4. The Morgan fingerprint density at radius 2 is 1.03 bits per heavy atom. The van der Waals surface area contributed by atoms with E-state index in [-0.39, 0.29) is 0 Å². The monoisotopic (exact) mass is 460 g/mol. The van der Waals surface area contributed by atoms with Crippen molar-refractivity contribution < 1.29 is 0 Å². The largest absolute Gasteiger partial charge is 0.307 e. The van der Waals surface area contributed by atoms with E-state index >= 15 is 0 Å². The normalized spacial score (nSPS) is 12.6. The number of hydrogen-bond donors (Lipinski definition) is 0. The van der Waals surface area contributed by atoms with E-state index in [0.29, 0.717) is 11.1 Å². The molecule has 0 saturated heterocycles. The van der Waals surface area contributed by atoms with Crippen molar-refractivity contribution in [3.63, 3.8) is 0 Å². The standard InChI is InChI=1S/C32H20N4/c33-19-21-17-31(35-27-13-5-1-9-23(27)24-10-2-6-14-28(24)35)32(18-22(21)20-34)36-29-15-7-3-11-25(29)26-12-4-8-16-30(26)36/h1-3,5-7,9-18H,4,8H2. The molecule has 0 radical (unpaired) electrons. The number of para-hydroxylation sites is 3. The fourth-order valence-electron chi connectivity index (χ4n) is 5.71. The Hall–Kier alpha value is -5.06. The summed E-state index contributed by atoms with van der Waals surface area (Å²) in [4.78, 5) is 0. The van der Waals surface area contributed by atoms with Crippen molar-refractivity contribution in [3.05, 3.63) is 107 Å². The molecule has 4 aromatic carbocycles. The number of rotatable bonds is 2. The van der Waals surface area contributed by atoms with Gasteiger partial charge in [-0.25, -0.2) is 0 Å². The van der Waals surface area contributed by atoms with Gasteiger partial charge >= 0.3 is 0 Å². The van der Waals surface area contributed by atoms with Gasteiger partial charge in [0, 0.05) is 26.7 Å². The third kappa shape index (κ3) is 2.73. The first-order valence-electron chi connectivity index (χ1n) is 12.1. The van der Waals surface area contributed by atoms with Gasteiger partial charge in [0.25, 0.3) is 0 Å². The smallest absolute Gasteiger partial charge is 0.101 e. The molecule has 2 aromatic heterocycles. The van der Waals surface area contributed by atoms with Crippen molar-refractivity contribution in [1.29, 1.82) is 10.5 Å². The lowest BCUT2D eigenvalue weighted by molar-refractivity contribution is 1.00. The van der Waals surface area contributed by atoms with Gasteiger partial charge in [0.2, 0.25) is 0 Å². The fourth-order valence-corrected chi connectivity index (χ4v) is 5.71. The molecule has 2 heterocycles. The van der Waals surface area contributed by atoms with E-state index in [1.165, 1.54) is 10.6 Å². The lowest BCUT2D eigenvalue weighted by atomic mass is 10.1. The minimum atomic E-state index is 0.374. The van der Waals surface area contributed by atoms with Crippen LogP contribution in [0.15, 0.2) is 84.9 Å². The second kappa shape index (κ2) is 7.73. The van der Waals surface area contributed by atoms with Crippen LogP contribution in [-0.4, -0.2) is 9.13 Å².